The molecule has 0 aliphatic heterocycles. The van der Waals surface area contributed by atoms with Crippen LogP contribution < -0.4 is 5.32 Å². The number of carbonyl (C=O) groups excluding carboxylic acids is 1. The first kappa shape index (κ1) is 12.2. The molecule has 2 aromatic rings. The van der Waals surface area contributed by atoms with Crippen LogP contribution in [-0.4, -0.2) is 20.9 Å². The van der Waals surface area contributed by atoms with E-state index in [1.54, 1.807) is 18.6 Å². The molecule has 1 N–H and O–H groups in total. The Labute approximate surface area is 105 Å². The van der Waals surface area contributed by atoms with Gasteiger partial charge in [0.05, 0.1) is 17.9 Å². The smallest absolute Gasteiger partial charge is 0.271 e. The van der Waals surface area contributed by atoms with Crippen molar-refractivity contribution in [3.8, 4) is 0 Å². The largest absolute Gasteiger partial charge is 0.344 e. The Kier molecular flexibility index (Phi) is 3.62. The van der Waals surface area contributed by atoms with Crippen molar-refractivity contribution >= 4 is 5.91 Å². The van der Waals surface area contributed by atoms with E-state index in [0.717, 1.165) is 11.3 Å². The van der Waals surface area contributed by atoms with E-state index in [1.165, 1.54) is 6.20 Å². The first-order valence-electron chi connectivity index (χ1n) is 5.66. The van der Waals surface area contributed by atoms with Crippen LogP contribution in [0.5, 0.6) is 0 Å². The third kappa shape index (κ3) is 2.88. The minimum absolute atomic E-state index is 0.0939. The topological polar surface area (TPSA) is 67.8 Å². The summed E-state index contributed by atoms with van der Waals surface area (Å²) in [6.45, 7) is 3.74. The highest BCUT2D eigenvalue weighted by atomic mass is 16.1. The molecule has 0 aromatic carbocycles. The molecule has 2 aromatic heterocycles. The molecule has 0 bridgehead atoms. The molecule has 92 valence electrons. The molecular formula is C13H14N4O. The summed E-state index contributed by atoms with van der Waals surface area (Å²) in [5, 5.41) is 2.86. The molecule has 18 heavy (non-hydrogen) atoms. The summed E-state index contributed by atoms with van der Waals surface area (Å²) in [7, 11) is 0. The second kappa shape index (κ2) is 5.35. The van der Waals surface area contributed by atoms with Crippen molar-refractivity contribution in [3.05, 3.63) is 53.9 Å². The highest BCUT2D eigenvalue weighted by Gasteiger charge is 2.12. The molecule has 5 nitrogen and oxygen atoms in total. The van der Waals surface area contributed by atoms with Crippen LogP contribution in [0.3, 0.4) is 0 Å². The summed E-state index contributed by atoms with van der Waals surface area (Å²) in [4.78, 5) is 23.9. The summed E-state index contributed by atoms with van der Waals surface area (Å²) in [5.74, 6) is -0.230. The summed E-state index contributed by atoms with van der Waals surface area (Å²) in [6.07, 6.45) is 6.45. The Morgan fingerprint density at radius 2 is 1.94 bits per heavy atom. The van der Waals surface area contributed by atoms with Gasteiger partial charge in [0.15, 0.2) is 0 Å². The lowest BCUT2D eigenvalue weighted by atomic mass is 10.1. The molecule has 0 aliphatic carbocycles. The first-order valence-corrected chi connectivity index (χ1v) is 5.66. The molecule has 1 unspecified atom stereocenters. The molecule has 0 saturated carbocycles. The van der Waals surface area contributed by atoms with Gasteiger partial charge >= 0.3 is 0 Å². The van der Waals surface area contributed by atoms with Gasteiger partial charge in [0.2, 0.25) is 0 Å². The first-order chi connectivity index (χ1) is 8.66. The standard InChI is InChI=1S/C13H14N4O/c1-9-7-16-12(8-15-9)13(18)17-10(2)11-3-5-14-6-4-11/h3-8,10H,1-2H3,(H,17,18). The van der Waals surface area contributed by atoms with Crippen LogP contribution in [0.1, 0.15) is 34.7 Å². The lowest BCUT2D eigenvalue weighted by Gasteiger charge is -2.13. The van der Waals surface area contributed by atoms with Gasteiger partial charge in [-0.15, -0.1) is 0 Å². The zero-order valence-corrected chi connectivity index (χ0v) is 10.3. The number of rotatable bonds is 3. The van der Waals surface area contributed by atoms with Crippen molar-refractivity contribution in [2.45, 2.75) is 19.9 Å². The minimum atomic E-state index is -0.230. The van der Waals surface area contributed by atoms with Crippen molar-refractivity contribution in [1.29, 1.82) is 0 Å². The number of hydrogen-bond acceptors (Lipinski definition) is 4. The van der Waals surface area contributed by atoms with Gasteiger partial charge in [-0.2, -0.15) is 0 Å². The van der Waals surface area contributed by atoms with Crippen LogP contribution in [0, 0.1) is 6.92 Å². The summed E-state index contributed by atoms with van der Waals surface area (Å²) < 4.78 is 0. The predicted octanol–water partition coefficient (Wildman–Crippen LogP) is 1.67. The molecule has 0 fully saturated rings. The van der Waals surface area contributed by atoms with E-state index < -0.39 is 0 Å². The number of aromatic nitrogens is 3. The van der Waals surface area contributed by atoms with Gasteiger partial charge in [-0.1, -0.05) is 0 Å². The van der Waals surface area contributed by atoms with E-state index in [1.807, 2.05) is 26.0 Å². The Morgan fingerprint density at radius 1 is 1.22 bits per heavy atom. The lowest BCUT2D eigenvalue weighted by Crippen LogP contribution is -2.27. The maximum Gasteiger partial charge on any atom is 0.271 e. The van der Waals surface area contributed by atoms with Crippen molar-refractivity contribution < 1.29 is 4.79 Å². The number of aryl methyl sites for hydroxylation is 1. The van der Waals surface area contributed by atoms with Gasteiger partial charge in [0, 0.05) is 18.6 Å². The van der Waals surface area contributed by atoms with Crippen LogP contribution >= 0.6 is 0 Å². The fourth-order valence-corrected chi connectivity index (χ4v) is 1.52. The van der Waals surface area contributed by atoms with E-state index >= 15 is 0 Å². The molecule has 2 heterocycles. The maximum atomic E-state index is 11.9. The zero-order chi connectivity index (χ0) is 13.0. The molecular weight excluding hydrogens is 228 g/mol. The number of pyridine rings is 1. The number of hydrogen-bond donors (Lipinski definition) is 1. The lowest BCUT2D eigenvalue weighted by molar-refractivity contribution is 0.0934. The number of amides is 1. The van der Waals surface area contributed by atoms with E-state index in [0.29, 0.717) is 5.69 Å². The summed E-state index contributed by atoms with van der Waals surface area (Å²) in [6, 6.07) is 3.64. The SMILES string of the molecule is Cc1cnc(C(=O)NC(C)c2ccncc2)cn1. The second-order valence-corrected chi connectivity index (χ2v) is 4.02. The molecule has 0 radical (unpaired) electrons. The normalized spacial score (nSPS) is 11.9. The molecule has 0 saturated heterocycles. The summed E-state index contributed by atoms with van der Waals surface area (Å²) >= 11 is 0. The van der Waals surface area contributed by atoms with Crippen LogP contribution in [0.15, 0.2) is 36.9 Å². The van der Waals surface area contributed by atoms with Gasteiger partial charge < -0.3 is 5.32 Å². The Hall–Kier alpha value is -2.30. The third-order valence-electron chi connectivity index (χ3n) is 2.57. The maximum absolute atomic E-state index is 11.9. The van der Waals surface area contributed by atoms with Crippen molar-refractivity contribution in [3.63, 3.8) is 0 Å². The van der Waals surface area contributed by atoms with Gasteiger partial charge in [0.25, 0.3) is 5.91 Å². The Bertz CT molecular complexity index is 524. The van der Waals surface area contributed by atoms with Crippen LogP contribution in [0.4, 0.5) is 0 Å². The van der Waals surface area contributed by atoms with Crippen LogP contribution in [-0.2, 0) is 0 Å². The molecule has 2 rings (SSSR count). The number of nitrogens with one attached hydrogen (secondary N) is 1. The van der Waals surface area contributed by atoms with Crippen LogP contribution in [0.25, 0.3) is 0 Å². The molecule has 0 spiro atoms. The van der Waals surface area contributed by atoms with E-state index in [9.17, 15) is 4.79 Å². The minimum Gasteiger partial charge on any atom is -0.344 e. The van der Waals surface area contributed by atoms with E-state index in [4.69, 9.17) is 0 Å². The highest BCUT2D eigenvalue weighted by Crippen LogP contribution is 2.10. The molecule has 1 amide bonds. The van der Waals surface area contributed by atoms with Crippen molar-refractivity contribution in [1.82, 2.24) is 20.3 Å². The summed E-state index contributed by atoms with van der Waals surface area (Å²) in [5.41, 5.74) is 2.11. The zero-order valence-electron chi connectivity index (χ0n) is 10.3. The predicted molar refractivity (Wildman–Crippen MR) is 66.9 cm³/mol. The average Bonchev–Trinajstić information content (AvgIpc) is 2.40. The monoisotopic (exact) mass is 242 g/mol. The van der Waals surface area contributed by atoms with Gasteiger partial charge in [-0.05, 0) is 31.5 Å². The van der Waals surface area contributed by atoms with Crippen LogP contribution in [0.2, 0.25) is 0 Å². The average molecular weight is 242 g/mol. The number of nitrogens with zero attached hydrogens (tertiary/aromatic N) is 3. The Morgan fingerprint density at radius 3 is 2.56 bits per heavy atom. The second-order valence-electron chi connectivity index (χ2n) is 4.02. The van der Waals surface area contributed by atoms with Gasteiger partial charge in [-0.3, -0.25) is 14.8 Å². The molecule has 0 aliphatic rings. The highest BCUT2D eigenvalue weighted by molar-refractivity contribution is 5.92. The third-order valence-corrected chi connectivity index (χ3v) is 2.57. The van der Waals surface area contributed by atoms with Gasteiger partial charge in [0.1, 0.15) is 5.69 Å². The van der Waals surface area contributed by atoms with E-state index in [2.05, 4.69) is 20.3 Å². The van der Waals surface area contributed by atoms with Crippen molar-refractivity contribution in [2.75, 3.05) is 0 Å². The fourth-order valence-electron chi connectivity index (χ4n) is 1.52. The van der Waals surface area contributed by atoms with E-state index in [-0.39, 0.29) is 11.9 Å². The fraction of sp³-hybridized carbons (Fsp3) is 0.231. The quantitative estimate of drug-likeness (QED) is 0.889. The van der Waals surface area contributed by atoms with Crippen molar-refractivity contribution in [2.24, 2.45) is 0 Å². The molecule has 5 heteroatoms. The van der Waals surface area contributed by atoms with Gasteiger partial charge in [-0.25, -0.2) is 4.98 Å². The molecule has 1 atom stereocenters. The number of carbonyl (C=O) groups is 1. The Balaban J connectivity index is 2.06.